The number of hydrogen-bond donors (Lipinski definition) is 0. The van der Waals surface area contributed by atoms with E-state index in [9.17, 15) is 0 Å². The number of unbranched alkanes of at least 4 members (excludes halogenated alkanes) is 3. The zero-order valence-corrected chi connectivity index (χ0v) is 14.3. The van der Waals surface area contributed by atoms with Gasteiger partial charge >= 0.3 is 0 Å². The third-order valence-corrected chi connectivity index (χ3v) is 4.04. The van der Waals surface area contributed by atoms with Gasteiger partial charge in [-0.2, -0.15) is 0 Å². The normalized spacial score (nSPS) is 11.2. The lowest BCUT2D eigenvalue weighted by Crippen LogP contribution is -2.30. The smallest absolute Gasteiger partial charge is 0.237 e. The van der Waals surface area contributed by atoms with E-state index in [0.717, 1.165) is 26.2 Å². The number of aryl methyl sites for hydroxylation is 4. The number of aromatic nitrogens is 4. The van der Waals surface area contributed by atoms with Crippen LogP contribution in [0.4, 0.5) is 0 Å². The maximum absolute atomic E-state index is 2.31. The Bertz CT molecular complexity index is 478. The second-order valence-corrected chi connectivity index (χ2v) is 6.19. The molecule has 2 rings (SSSR count). The first kappa shape index (κ1) is 16.8. The van der Waals surface area contributed by atoms with Crippen LogP contribution < -0.4 is 9.13 Å². The Morgan fingerprint density at radius 2 is 1.32 bits per heavy atom. The van der Waals surface area contributed by atoms with E-state index < -0.39 is 0 Å². The first-order chi connectivity index (χ1) is 10.8. The second-order valence-electron chi connectivity index (χ2n) is 6.19. The maximum atomic E-state index is 2.31. The molecule has 0 fully saturated rings. The van der Waals surface area contributed by atoms with E-state index in [1.54, 1.807) is 0 Å². The molecule has 2 aromatic heterocycles. The predicted molar refractivity (Wildman–Crippen MR) is 88.3 cm³/mol. The monoisotopic (exact) mass is 304 g/mol. The Labute approximate surface area is 135 Å². The molecule has 0 aliphatic heterocycles. The van der Waals surface area contributed by atoms with Crippen LogP contribution in [0.2, 0.25) is 0 Å². The van der Waals surface area contributed by atoms with Gasteiger partial charge in [-0.15, -0.1) is 0 Å². The molecule has 0 aliphatic rings. The number of imidazole rings is 2. The van der Waals surface area contributed by atoms with Gasteiger partial charge in [0.1, 0.15) is 24.8 Å². The third kappa shape index (κ3) is 5.66. The summed E-state index contributed by atoms with van der Waals surface area (Å²) in [4.78, 5) is 0. The van der Waals surface area contributed by atoms with E-state index in [1.165, 1.54) is 38.5 Å². The van der Waals surface area contributed by atoms with Crippen molar-refractivity contribution in [3.8, 4) is 0 Å². The van der Waals surface area contributed by atoms with Crippen LogP contribution in [0.5, 0.6) is 0 Å². The number of rotatable bonds is 11. The summed E-state index contributed by atoms with van der Waals surface area (Å²) in [6.07, 6.45) is 20.8. The Morgan fingerprint density at radius 1 is 0.682 bits per heavy atom. The van der Waals surface area contributed by atoms with Crippen LogP contribution in [-0.4, -0.2) is 9.13 Å². The van der Waals surface area contributed by atoms with Crippen LogP contribution in [0.25, 0.3) is 0 Å². The quantitative estimate of drug-likeness (QED) is 0.449. The molecule has 0 aliphatic carbocycles. The number of hydrogen-bond acceptors (Lipinski definition) is 0. The fourth-order valence-corrected chi connectivity index (χ4v) is 2.87. The van der Waals surface area contributed by atoms with E-state index in [1.807, 2.05) is 0 Å². The second kappa shape index (κ2) is 9.44. The molecule has 22 heavy (non-hydrogen) atoms. The largest absolute Gasteiger partial charge is 0.243 e. The third-order valence-electron chi connectivity index (χ3n) is 4.04. The molecule has 2 heterocycles. The van der Waals surface area contributed by atoms with Crippen LogP contribution in [0.15, 0.2) is 37.4 Å². The summed E-state index contributed by atoms with van der Waals surface area (Å²) in [5, 5.41) is 0. The highest BCUT2D eigenvalue weighted by Gasteiger charge is 2.04. The summed E-state index contributed by atoms with van der Waals surface area (Å²) in [6.45, 7) is 8.99. The highest BCUT2D eigenvalue weighted by atomic mass is 15.1. The lowest BCUT2D eigenvalue weighted by molar-refractivity contribution is -0.697. The first-order valence-electron chi connectivity index (χ1n) is 8.91. The van der Waals surface area contributed by atoms with Crippen molar-refractivity contribution in [1.82, 2.24) is 9.13 Å². The summed E-state index contributed by atoms with van der Waals surface area (Å²) < 4.78 is 9.18. The fourth-order valence-electron chi connectivity index (χ4n) is 2.87. The summed E-state index contributed by atoms with van der Waals surface area (Å²) in [6, 6.07) is 0. The highest BCUT2D eigenvalue weighted by Crippen LogP contribution is 2.02. The van der Waals surface area contributed by atoms with Crippen molar-refractivity contribution in [2.75, 3.05) is 0 Å². The topological polar surface area (TPSA) is 17.6 Å². The molecule has 4 heteroatoms. The highest BCUT2D eigenvalue weighted by molar-refractivity contribution is 4.66. The molecule has 0 atom stereocenters. The van der Waals surface area contributed by atoms with Gasteiger partial charge in [0.05, 0.1) is 26.2 Å². The van der Waals surface area contributed by atoms with Crippen molar-refractivity contribution in [3.05, 3.63) is 37.4 Å². The van der Waals surface area contributed by atoms with Crippen molar-refractivity contribution < 1.29 is 9.13 Å². The molecule has 0 bridgehead atoms. The zero-order valence-electron chi connectivity index (χ0n) is 14.3. The van der Waals surface area contributed by atoms with E-state index in [-0.39, 0.29) is 0 Å². The molecular weight excluding hydrogens is 272 g/mol. The van der Waals surface area contributed by atoms with Gasteiger partial charge in [-0.05, 0) is 38.5 Å². The maximum Gasteiger partial charge on any atom is 0.243 e. The molecule has 0 amide bonds. The van der Waals surface area contributed by atoms with Gasteiger partial charge < -0.3 is 0 Å². The van der Waals surface area contributed by atoms with E-state index >= 15 is 0 Å². The Morgan fingerprint density at radius 3 is 2.00 bits per heavy atom. The minimum absolute atomic E-state index is 1.13. The molecule has 0 saturated carbocycles. The molecule has 0 saturated heterocycles. The van der Waals surface area contributed by atoms with Gasteiger partial charge in [0.25, 0.3) is 0 Å². The minimum Gasteiger partial charge on any atom is -0.237 e. The molecule has 0 N–H and O–H groups in total. The van der Waals surface area contributed by atoms with Gasteiger partial charge in [-0.25, -0.2) is 18.3 Å². The van der Waals surface area contributed by atoms with Crippen LogP contribution in [-0.2, 0) is 26.2 Å². The molecule has 0 radical (unpaired) electrons. The van der Waals surface area contributed by atoms with Gasteiger partial charge in [0.2, 0.25) is 12.7 Å². The van der Waals surface area contributed by atoms with E-state index in [0.29, 0.717) is 0 Å². The van der Waals surface area contributed by atoms with Crippen molar-refractivity contribution in [1.29, 1.82) is 0 Å². The van der Waals surface area contributed by atoms with Crippen molar-refractivity contribution >= 4 is 0 Å². The average molecular weight is 304 g/mol. The summed E-state index contributed by atoms with van der Waals surface area (Å²) in [7, 11) is 0. The van der Waals surface area contributed by atoms with Gasteiger partial charge in [0.15, 0.2) is 0 Å². The summed E-state index contributed by atoms with van der Waals surface area (Å²) in [5.74, 6) is 0. The Kier molecular flexibility index (Phi) is 7.20. The summed E-state index contributed by atoms with van der Waals surface area (Å²) >= 11 is 0. The predicted octanol–water partition coefficient (Wildman–Crippen LogP) is 2.95. The van der Waals surface area contributed by atoms with Crippen LogP contribution in [0.3, 0.4) is 0 Å². The summed E-state index contributed by atoms with van der Waals surface area (Å²) in [5.41, 5.74) is 0. The van der Waals surface area contributed by atoms with E-state index in [4.69, 9.17) is 0 Å². The standard InChI is InChI=1S/C18H32N4/c1-3-9-19-13-15-21(17-19)11-7-5-6-8-12-22-16-14-20(18-22)10-4-2/h13-18H,3-12H2,1-2H3/q+2. The van der Waals surface area contributed by atoms with Gasteiger partial charge in [-0.1, -0.05) is 13.8 Å². The fraction of sp³-hybridized carbons (Fsp3) is 0.667. The molecule has 2 aromatic rings. The van der Waals surface area contributed by atoms with Gasteiger partial charge in [0, 0.05) is 0 Å². The van der Waals surface area contributed by atoms with Crippen molar-refractivity contribution in [2.24, 2.45) is 0 Å². The molecule has 0 aromatic carbocycles. The molecule has 0 spiro atoms. The molecule has 0 unspecified atom stereocenters. The first-order valence-corrected chi connectivity index (χ1v) is 8.91. The lowest BCUT2D eigenvalue weighted by Gasteiger charge is -1.99. The zero-order chi connectivity index (χ0) is 15.6. The van der Waals surface area contributed by atoms with Crippen LogP contribution in [0.1, 0.15) is 52.4 Å². The Hall–Kier alpha value is -1.58. The molecule has 122 valence electrons. The minimum atomic E-state index is 1.13. The number of nitrogens with zero attached hydrogens (tertiary/aromatic N) is 4. The average Bonchev–Trinajstić information content (AvgIpc) is 3.13. The molecular formula is C18H32N4+2. The van der Waals surface area contributed by atoms with Crippen LogP contribution >= 0.6 is 0 Å². The lowest BCUT2D eigenvalue weighted by atomic mass is 10.2. The van der Waals surface area contributed by atoms with Crippen LogP contribution in [0, 0.1) is 0 Å². The Balaban J connectivity index is 1.54. The molecule has 4 nitrogen and oxygen atoms in total. The van der Waals surface area contributed by atoms with Crippen molar-refractivity contribution in [3.63, 3.8) is 0 Å². The van der Waals surface area contributed by atoms with Gasteiger partial charge in [-0.3, -0.25) is 0 Å². The van der Waals surface area contributed by atoms with E-state index in [2.05, 4.69) is 69.6 Å². The SMILES string of the molecule is CCCn1cc[n+](CCCCCCn2cc[n+](CCC)c2)c1. The van der Waals surface area contributed by atoms with Crippen molar-refractivity contribution in [2.45, 2.75) is 78.6 Å².